The first-order valence-corrected chi connectivity index (χ1v) is 4.38. The van der Waals surface area contributed by atoms with E-state index >= 15 is 0 Å². The lowest BCUT2D eigenvalue weighted by Crippen LogP contribution is -2.12. The minimum Gasteiger partial charge on any atom is -0.372 e. The normalized spacial score (nSPS) is 7.00. The fraction of sp³-hybridized carbons (Fsp3) is 0. The van der Waals surface area contributed by atoms with E-state index in [2.05, 4.69) is 41.3 Å². The fourth-order valence-corrected chi connectivity index (χ4v) is 0.882. The Balaban J connectivity index is 2.55. The van der Waals surface area contributed by atoms with Crippen LogP contribution < -0.4 is 5.46 Å². The second kappa shape index (κ2) is 6.84. The van der Waals surface area contributed by atoms with Crippen LogP contribution >= 0.6 is 0 Å². The van der Waals surface area contributed by atoms with E-state index in [1.54, 1.807) is 19.4 Å². The van der Waals surface area contributed by atoms with E-state index in [1.165, 1.54) is 12.1 Å². The van der Waals surface area contributed by atoms with Crippen molar-refractivity contribution in [3.63, 3.8) is 0 Å². The van der Waals surface area contributed by atoms with Crippen LogP contribution in [-0.2, 0) is 0 Å². The summed E-state index contributed by atoms with van der Waals surface area (Å²) in [6.45, 7) is 0. The zero-order chi connectivity index (χ0) is 11.6. The van der Waals surface area contributed by atoms with E-state index in [0.717, 1.165) is 0 Å². The highest BCUT2D eigenvalue weighted by atomic mass is 19.1. The first kappa shape index (κ1) is 11.5. The molecule has 0 nitrogen and oxygen atoms in total. The van der Waals surface area contributed by atoms with Gasteiger partial charge in [0.25, 0.3) is 0 Å². The molecule has 1 aromatic rings. The predicted octanol–water partition coefficient (Wildman–Crippen LogP) is 0.756. The number of rotatable bonds is 1. The van der Waals surface area contributed by atoms with Gasteiger partial charge >= 0.3 is 0 Å². The van der Waals surface area contributed by atoms with Gasteiger partial charge in [0.15, 0.2) is 0 Å². The summed E-state index contributed by atoms with van der Waals surface area (Å²) in [4.78, 5) is 0. The van der Waals surface area contributed by atoms with Gasteiger partial charge in [0, 0.05) is 0 Å². The Bertz CT molecular complexity index is 589. The van der Waals surface area contributed by atoms with Crippen molar-refractivity contribution in [1.82, 2.24) is 0 Å². The maximum atomic E-state index is 12.7. The van der Waals surface area contributed by atoms with Crippen molar-refractivity contribution in [1.29, 1.82) is 0 Å². The summed E-state index contributed by atoms with van der Waals surface area (Å²) in [5, 5.41) is 0. The van der Waals surface area contributed by atoms with Gasteiger partial charge in [-0.2, -0.15) is 7.28 Å². The van der Waals surface area contributed by atoms with Gasteiger partial charge in [0.1, 0.15) is 5.82 Å². The minimum absolute atomic E-state index is 0.290. The maximum absolute atomic E-state index is 12.7. The number of hydrogen-bond acceptors (Lipinski definition) is 0. The van der Waals surface area contributed by atoms with E-state index in [4.69, 9.17) is 6.42 Å². The van der Waals surface area contributed by atoms with Crippen molar-refractivity contribution in [3.05, 3.63) is 30.1 Å². The Hall–Kier alpha value is -2.55. The van der Waals surface area contributed by atoms with Crippen molar-refractivity contribution < 1.29 is 4.39 Å². The third-order valence-corrected chi connectivity index (χ3v) is 1.48. The van der Waals surface area contributed by atoms with Crippen molar-refractivity contribution in [2.75, 3.05) is 0 Å². The summed E-state index contributed by atoms with van der Waals surface area (Å²) in [6.07, 6.45) is 4.89. The molecule has 0 aliphatic heterocycles. The molecule has 0 atom stereocenters. The standard InChI is InChI=1S/C14H5BF/c1-2-3-4-5-6-7-11-15-13-9-8-10-14(16)12-13/h1,8-10,12H/q-1. The Morgan fingerprint density at radius 3 is 2.56 bits per heavy atom. The molecule has 0 fully saturated rings. The van der Waals surface area contributed by atoms with E-state index < -0.39 is 0 Å². The van der Waals surface area contributed by atoms with E-state index in [0.29, 0.717) is 5.46 Å². The Morgan fingerprint density at radius 2 is 1.81 bits per heavy atom. The number of benzene rings is 1. The lowest BCUT2D eigenvalue weighted by Gasteiger charge is -2.06. The lowest BCUT2D eigenvalue weighted by atomic mass is 9.71. The predicted molar refractivity (Wildman–Crippen MR) is 63.9 cm³/mol. The number of halogens is 1. The van der Waals surface area contributed by atoms with Gasteiger partial charge < -0.3 is 5.82 Å². The molecule has 0 saturated heterocycles. The minimum atomic E-state index is -0.290. The maximum Gasteiger partial charge on any atom is 0.119 e. The largest absolute Gasteiger partial charge is 0.372 e. The van der Waals surface area contributed by atoms with Gasteiger partial charge in [-0.15, -0.1) is 12.5 Å². The summed E-state index contributed by atoms with van der Waals surface area (Å²) < 4.78 is 12.7. The summed E-state index contributed by atoms with van der Waals surface area (Å²) in [6, 6.07) is 6.14. The Morgan fingerprint density at radius 1 is 1.06 bits per heavy atom. The highest BCUT2D eigenvalue weighted by Gasteiger charge is 1.82. The van der Waals surface area contributed by atoms with Crippen LogP contribution in [0.3, 0.4) is 0 Å². The van der Waals surface area contributed by atoms with Crippen LogP contribution in [0.4, 0.5) is 4.39 Å². The molecule has 0 aromatic heterocycles. The first-order valence-electron chi connectivity index (χ1n) is 4.38. The molecule has 16 heavy (non-hydrogen) atoms. The van der Waals surface area contributed by atoms with Gasteiger partial charge in [0.05, 0.1) is 0 Å². The second-order valence-electron chi connectivity index (χ2n) is 2.61. The fourth-order valence-electron chi connectivity index (χ4n) is 0.882. The summed E-state index contributed by atoms with van der Waals surface area (Å²) >= 11 is 0. The highest BCUT2D eigenvalue weighted by molar-refractivity contribution is 6.61. The molecule has 0 aliphatic rings. The van der Waals surface area contributed by atoms with Crippen LogP contribution in [0, 0.1) is 53.6 Å². The molecule has 0 unspecified atom stereocenters. The summed E-state index contributed by atoms with van der Waals surface area (Å²) in [5.41, 5.74) is 0.698. The average Bonchev–Trinajstić information content (AvgIpc) is 2.28. The van der Waals surface area contributed by atoms with Crippen LogP contribution in [0.15, 0.2) is 24.3 Å². The van der Waals surface area contributed by atoms with Gasteiger partial charge in [-0.3, -0.25) is 5.46 Å². The first-order chi connectivity index (χ1) is 7.83. The smallest absolute Gasteiger partial charge is 0.119 e. The molecule has 2 heteroatoms. The van der Waals surface area contributed by atoms with E-state index in [9.17, 15) is 4.39 Å². The molecule has 0 spiro atoms. The lowest BCUT2D eigenvalue weighted by molar-refractivity contribution is 0.629. The molecular formula is C14H5BF-. The zero-order valence-corrected chi connectivity index (χ0v) is 8.34. The van der Waals surface area contributed by atoms with Crippen molar-refractivity contribution >= 4 is 12.7 Å². The van der Waals surface area contributed by atoms with Gasteiger partial charge in [-0.1, -0.05) is 18.1 Å². The van der Waals surface area contributed by atoms with Crippen LogP contribution in [0.25, 0.3) is 0 Å². The number of hydrogen-bond donors (Lipinski definition) is 0. The van der Waals surface area contributed by atoms with Crippen molar-refractivity contribution in [2.24, 2.45) is 0 Å². The van der Waals surface area contributed by atoms with Crippen molar-refractivity contribution in [3.8, 4) is 47.8 Å². The summed E-state index contributed by atoms with van der Waals surface area (Å²) in [5.74, 6) is 16.8. The van der Waals surface area contributed by atoms with Gasteiger partial charge in [-0.05, 0) is 35.7 Å². The molecule has 0 amide bonds. The quantitative estimate of drug-likeness (QED) is 0.466. The van der Waals surface area contributed by atoms with Crippen LogP contribution in [0.1, 0.15) is 0 Å². The molecule has 72 valence electrons. The van der Waals surface area contributed by atoms with Crippen LogP contribution in [0.5, 0.6) is 0 Å². The topological polar surface area (TPSA) is 0 Å². The molecule has 0 heterocycles. The monoisotopic (exact) mass is 203 g/mol. The van der Waals surface area contributed by atoms with Gasteiger partial charge in [0.2, 0.25) is 0 Å². The highest BCUT2D eigenvalue weighted by Crippen LogP contribution is 1.90. The molecule has 1 rings (SSSR count). The Labute approximate surface area is 95.5 Å². The third kappa shape index (κ3) is 4.62. The SMILES string of the molecule is C#CC#CC#CC#C[B-]c1cccc(F)c1. The number of terminal acetylenes is 1. The molecule has 0 bridgehead atoms. The second-order valence-corrected chi connectivity index (χ2v) is 2.61. The van der Waals surface area contributed by atoms with E-state index in [1.807, 2.05) is 0 Å². The molecule has 0 saturated carbocycles. The molecule has 1 aromatic carbocycles. The molecule has 2 radical (unpaired) electrons. The van der Waals surface area contributed by atoms with Crippen LogP contribution in [-0.4, -0.2) is 7.28 Å². The Kier molecular flexibility index (Phi) is 4.93. The molecule has 0 N–H and O–H groups in total. The third-order valence-electron chi connectivity index (χ3n) is 1.48. The van der Waals surface area contributed by atoms with Crippen molar-refractivity contribution in [2.45, 2.75) is 0 Å². The van der Waals surface area contributed by atoms with Gasteiger partial charge in [-0.25, -0.2) is 4.39 Å². The van der Waals surface area contributed by atoms with Crippen LogP contribution in [0.2, 0.25) is 0 Å². The van der Waals surface area contributed by atoms with E-state index in [-0.39, 0.29) is 5.82 Å². The zero-order valence-electron chi connectivity index (χ0n) is 8.34. The molecule has 0 aliphatic carbocycles. The molecular weight excluding hydrogens is 198 g/mol. The summed E-state index contributed by atoms with van der Waals surface area (Å²) in [7, 11) is 1.58. The average molecular weight is 203 g/mol.